The largest absolute Gasteiger partial charge is 0.480 e. The Morgan fingerprint density at radius 3 is 2.21 bits per heavy atom. The Hall–Kier alpha value is -0.280. The van der Waals surface area contributed by atoms with Crippen molar-refractivity contribution in [1.29, 1.82) is 0 Å². The summed E-state index contributed by atoms with van der Waals surface area (Å²) in [6, 6.07) is 0. The molecule has 1 aliphatic rings. The molecule has 14 heavy (non-hydrogen) atoms. The Morgan fingerprint density at radius 1 is 1.36 bits per heavy atom. The normalized spacial score (nSPS) is 22.1. The van der Waals surface area contributed by atoms with E-state index in [9.17, 15) is 4.79 Å². The van der Waals surface area contributed by atoms with E-state index < -0.39 is 11.5 Å². The Kier molecular flexibility index (Phi) is 5.45. The summed E-state index contributed by atoms with van der Waals surface area (Å²) < 4.78 is 0. The number of likely N-dealkylation sites (N-methyl/N-ethyl adjacent to an activating group) is 1. The first-order valence-electron chi connectivity index (χ1n) is 5.03. The monoisotopic (exact) mass is 221 g/mol. The van der Waals surface area contributed by atoms with Crippen LogP contribution in [-0.2, 0) is 4.79 Å². The first-order valence-corrected chi connectivity index (χ1v) is 5.03. The molecule has 3 nitrogen and oxygen atoms in total. The van der Waals surface area contributed by atoms with E-state index in [4.69, 9.17) is 5.11 Å². The lowest BCUT2D eigenvalue weighted by Crippen LogP contribution is -2.54. The second-order valence-corrected chi connectivity index (χ2v) is 4.09. The number of hydrogen-bond donors (Lipinski definition) is 2. The minimum absolute atomic E-state index is 0. The van der Waals surface area contributed by atoms with E-state index >= 15 is 0 Å². The van der Waals surface area contributed by atoms with Gasteiger partial charge in [0.15, 0.2) is 0 Å². The molecule has 0 heterocycles. The van der Waals surface area contributed by atoms with E-state index in [0.29, 0.717) is 5.92 Å². The summed E-state index contributed by atoms with van der Waals surface area (Å²) in [5.41, 5.74) is -0.722. The smallest absolute Gasteiger partial charge is 0.323 e. The first kappa shape index (κ1) is 13.7. The third-order valence-corrected chi connectivity index (χ3v) is 3.39. The summed E-state index contributed by atoms with van der Waals surface area (Å²) in [5, 5.41) is 12.1. The third kappa shape index (κ3) is 2.61. The number of carboxylic acids is 1. The van der Waals surface area contributed by atoms with Crippen molar-refractivity contribution in [3.8, 4) is 0 Å². The van der Waals surface area contributed by atoms with E-state index in [-0.39, 0.29) is 12.4 Å². The molecule has 1 saturated carbocycles. The van der Waals surface area contributed by atoms with Gasteiger partial charge in [-0.05, 0) is 32.7 Å². The fraction of sp³-hybridized carbons (Fsp3) is 0.900. The van der Waals surface area contributed by atoms with Gasteiger partial charge in [0, 0.05) is 0 Å². The fourth-order valence-corrected chi connectivity index (χ4v) is 2.17. The summed E-state index contributed by atoms with van der Waals surface area (Å²) in [4.78, 5) is 11.1. The van der Waals surface area contributed by atoms with E-state index in [2.05, 4.69) is 5.32 Å². The Morgan fingerprint density at radius 2 is 1.86 bits per heavy atom. The van der Waals surface area contributed by atoms with Crippen molar-refractivity contribution in [2.75, 3.05) is 7.05 Å². The van der Waals surface area contributed by atoms with Gasteiger partial charge in [0.25, 0.3) is 0 Å². The highest BCUT2D eigenvalue weighted by atomic mass is 35.5. The van der Waals surface area contributed by atoms with Gasteiger partial charge in [0.1, 0.15) is 5.54 Å². The van der Waals surface area contributed by atoms with Crippen LogP contribution < -0.4 is 5.32 Å². The maximum atomic E-state index is 11.1. The predicted molar refractivity (Wildman–Crippen MR) is 58.9 cm³/mol. The zero-order chi connectivity index (χ0) is 9.90. The molecule has 0 aromatic rings. The molecule has 4 heteroatoms. The van der Waals surface area contributed by atoms with Crippen LogP contribution in [0.25, 0.3) is 0 Å². The SMILES string of the molecule is CN[C@](C)(C(=O)O)C1CCCCC1.Cl. The molecule has 0 spiro atoms. The summed E-state index contributed by atoms with van der Waals surface area (Å²) >= 11 is 0. The van der Waals surface area contributed by atoms with Crippen molar-refractivity contribution in [3.63, 3.8) is 0 Å². The third-order valence-electron chi connectivity index (χ3n) is 3.39. The van der Waals surface area contributed by atoms with Gasteiger partial charge in [-0.2, -0.15) is 0 Å². The van der Waals surface area contributed by atoms with Gasteiger partial charge < -0.3 is 10.4 Å². The Bertz CT molecular complexity index is 193. The van der Waals surface area contributed by atoms with Gasteiger partial charge >= 0.3 is 5.97 Å². The van der Waals surface area contributed by atoms with Crippen LogP contribution >= 0.6 is 12.4 Å². The number of halogens is 1. The van der Waals surface area contributed by atoms with Gasteiger partial charge in [0.05, 0.1) is 0 Å². The van der Waals surface area contributed by atoms with Gasteiger partial charge in [0.2, 0.25) is 0 Å². The van der Waals surface area contributed by atoms with Gasteiger partial charge in [-0.25, -0.2) is 0 Å². The van der Waals surface area contributed by atoms with E-state index in [1.54, 1.807) is 14.0 Å². The quantitative estimate of drug-likeness (QED) is 0.767. The van der Waals surface area contributed by atoms with E-state index in [1.807, 2.05) is 0 Å². The minimum Gasteiger partial charge on any atom is -0.480 e. The van der Waals surface area contributed by atoms with Crippen molar-refractivity contribution in [3.05, 3.63) is 0 Å². The second-order valence-electron chi connectivity index (χ2n) is 4.09. The number of aliphatic carboxylic acids is 1. The highest BCUT2D eigenvalue weighted by Crippen LogP contribution is 2.32. The molecular formula is C10H20ClNO2. The molecule has 1 rings (SSSR count). The number of nitrogens with one attached hydrogen (secondary N) is 1. The predicted octanol–water partition coefficient (Wildman–Crippen LogP) is 2.05. The standard InChI is InChI=1S/C10H19NO2.ClH/c1-10(11-2,9(12)13)8-6-4-3-5-7-8;/h8,11H,3-7H2,1-2H3,(H,12,13);1H/t10-;/m0./s1. The van der Waals surface area contributed by atoms with Crippen LogP contribution in [0, 0.1) is 5.92 Å². The van der Waals surface area contributed by atoms with Gasteiger partial charge in [-0.1, -0.05) is 19.3 Å². The first-order chi connectivity index (χ1) is 6.11. The summed E-state index contributed by atoms with van der Waals surface area (Å²) in [7, 11) is 1.74. The molecule has 0 saturated heterocycles. The average Bonchev–Trinajstić information content (AvgIpc) is 2.17. The highest BCUT2D eigenvalue weighted by molar-refractivity contribution is 5.85. The number of carboxylic acid groups (broad SMARTS) is 1. The fourth-order valence-electron chi connectivity index (χ4n) is 2.17. The van der Waals surface area contributed by atoms with E-state index in [1.165, 1.54) is 19.3 Å². The number of carbonyl (C=O) groups is 1. The van der Waals surface area contributed by atoms with Crippen molar-refractivity contribution < 1.29 is 9.90 Å². The van der Waals surface area contributed by atoms with Crippen molar-refractivity contribution >= 4 is 18.4 Å². The molecule has 0 aliphatic heterocycles. The van der Waals surface area contributed by atoms with Crippen LogP contribution in [0.5, 0.6) is 0 Å². The minimum atomic E-state index is -0.722. The van der Waals surface area contributed by atoms with Crippen LogP contribution in [0.2, 0.25) is 0 Å². The van der Waals surface area contributed by atoms with E-state index in [0.717, 1.165) is 12.8 Å². The molecule has 0 unspecified atom stereocenters. The molecule has 1 atom stereocenters. The molecule has 0 radical (unpaired) electrons. The van der Waals surface area contributed by atoms with Crippen LogP contribution in [0.3, 0.4) is 0 Å². The zero-order valence-corrected chi connectivity index (χ0v) is 9.69. The summed E-state index contributed by atoms with van der Waals surface area (Å²) in [6.07, 6.45) is 5.70. The number of rotatable bonds is 3. The summed E-state index contributed by atoms with van der Waals surface area (Å²) in [5.74, 6) is -0.425. The summed E-state index contributed by atoms with van der Waals surface area (Å²) in [6.45, 7) is 1.80. The molecule has 1 aliphatic carbocycles. The van der Waals surface area contributed by atoms with Crippen molar-refractivity contribution in [2.24, 2.45) is 5.92 Å². The van der Waals surface area contributed by atoms with Crippen molar-refractivity contribution in [2.45, 2.75) is 44.6 Å². The lowest BCUT2D eigenvalue weighted by atomic mass is 9.76. The maximum Gasteiger partial charge on any atom is 0.323 e. The topological polar surface area (TPSA) is 49.3 Å². The maximum absolute atomic E-state index is 11.1. The second kappa shape index (κ2) is 5.56. The molecule has 2 N–H and O–H groups in total. The van der Waals surface area contributed by atoms with Gasteiger partial charge in [-0.15, -0.1) is 12.4 Å². The van der Waals surface area contributed by atoms with Crippen LogP contribution in [0.15, 0.2) is 0 Å². The van der Waals surface area contributed by atoms with Crippen molar-refractivity contribution in [1.82, 2.24) is 5.32 Å². The molecule has 84 valence electrons. The lowest BCUT2D eigenvalue weighted by Gasteiger charge is -2.36. The molecule has 1 fully saturated rings. The molecule has 0 amide bonds. The lowest BCUT2D eigenvalue weighted by molar-refractivity contribution is -0.147. The molecule has 0 aromatic carbocycles. The van der Waals surface area contributed by atoms with Gasteiger partial charge in [-0.3, -0.25) is 4.79 Å². The molecular weight excluding hydrogens is 202 g/mol. The highest BCUT2D eigenvalue weighted by Gasteiger charge is 2.40. The Labute approximate surface area is 91.7 Å². The van der Waals surface area contributed by atoms with Crippen LogP contribution in [0.4, 0.5) is 0 Å². The zero-order valence-electron chi connectivity index (χ0n) is 8.88. The average molecular weight is 222 g/mol. The van der Waals surface area contributed by atoms with Crippen LogP contribution in [-0.4, -0.2) is 23.7 Å². The molecule has 0 aromatic heterocycles. The molecule has 0 bridgehead atoms. The Balaban J connectivity index is 0.00000169. The number of hydrogen-bond acceptors (Lipinski definition) is 2. The van der Waals surface area contributed by atoms with Crippen LogP contribution in [0.1, 0.15) is 39.0 Å².